The summed E-state index contributed by atoms with van der Waals surface area (Å²) in [5.74, 6) is -3.14. The molecule has 0 aliphatic carbocycles. The van der Waals surface area contributed by atoms with E-state index < -0.39 is 35.6 Å². The summed E-state index contributed by atoms with van der Waals surface area (Å²) in [6.07, 6.45) is 0.182. The van der Waals surface area contributed by atoms with Crippen LogP contribution >= 0.6 is 0 Å². The minimum absolute atomic E-state index is 0.0747. The topological polar surface area (TPSA) is 176 Å². The van der Waals surface area contributed by atoms with Gasteiger partial charge in [0.1, 0.15) is 0 Å². The van der Waals surface area contributed by atoms with Crippen LogP contribution in [0.15, 0.2) is 0 Å². The Balaban J connectivity index is 1.27. The van der Waals surface area contributed by atoms with E-state index in [4.69, 9.17) is 33.4 Å². The Morgan fingerprint density at radius 3 is 0.973 bits per heavy atom. The van der Waals surface area contributed by atoms with Gasteiger partial charge in [0.2, 0.25) is 0 Å². The maximum absolute atomic E-state index is 11.6. The summed E-state index contributed by atoms with van der Waals surface area (Å²) in [7, 11) is 0. The Labute approximate surface area is 213 Å². The van der Waals surface area contributed by atoms with Crippen molar-refractivity contribution in [1.82, 2.24) is 0 Å². The number of carbonyl (C=O) groups excluding carboxylic acids is 6. The molecule has 0 bridgehead atoms. The molecule has 0 spiro atoms. The quantitative estimate of drug-likeness (QED) is 0.115. The predicted molar refractivity (Wildman–Crippen MR) is 116 cm³/mol. The second kappa shape index (κ2) is 17.7. The van der Waals surface area contributed by atoms with E-state index in [1.165, 1.54) is 0 Å². The van der Waals surface area contributed by atoms with Crippen LogP contribution in [0.25, 0.3) is 0 Å². The van der Waals surface area contributed by atoms with Gasteiger partial charge in [0.25, 0.3) is 0 Å². The molecule has 0 saturated carbocycles. The summed E-state index contributed by atoms with van der Waals surface area (Å²) in [4.78, 5) is 78.3. The zero-order valence-electron chi connectivity index (χ0n) is 20.6. The molecule has 0 radical (unpaired) electrons. The lowest BCUT2D eigenvalue weighted by Crippen LogP contribution is -3.14. The number of amides is 4. The van der Waals surface area contributed by atoms with E-state index in [-0.39, 0.29) is 75.1 Å². The van der Waals surface area contributed by atoms with E-state index in [0.717, 1.165) is 0 Å². The summed E-state index contributed by atoms with van der Waals surface area (Å²) in [5, 5.41) is -0.749. The number of hydrogen-bond donors (Lipinski definition) is 2. The third-order valence-electron chi connectivity index (χ3n) is 4.99. The lowest BCUT2D eigenvalue weighted by atomic mass is 10.4. The van der Waals surface area contributed by atoms with Crippen LogP contribution in [0, 0.1) is 0 Å². The zero-order valence-corrected chi connectivity index (χ0v) is 20.6. The Kier molecular flexibility index (Phi) is 14.7. The first-order chi connectivity index (χ1) is 17.9. The molecular weight excluding hydrogens is 500 g/mol. The van der Waals surface area contributed by atoms with Crippen molar-refractivity contribution in [2.45, 2.75) is 38.5 Å². The molecule has 0 unspecified atom stereocenters. The Bertz CT molecular complexity index is 707. The highest BCUT2D eigenvalue weighted by atomic mass is 16.7. The SMILES string of the molecule is O=C(CCOCCOCCOCCOCCOCCC(=O)O[NH+]1C(=O)CCC1=O)O[NH+]1C(=O)CCC1=O. The monoisotopic (exact) mass is 534 g/mol. The third-order valence-corrected chi connectivity index (χ3v) is 4.99. The van der Waals surface area contributed by atoms with Crippen LogP contribution in [-0.4, -0.2) is 102 Å². The second-order valence-electron chi connectivity index (χ2n) is 7.86. The van der Waals surface area contributed by atoms with Gasteiger partial charge in [-0.05, 0) is 10.1 Å². The van der Waals surface area contributed by atoms with Gasteiger partial charge in [-0.15, -0.1) is 0 Å². The lowest BCUT2D eigenvalue weighted by Gasteiger charge is -2.08. The van der Waals surface area contributed by atoms with Crippen molar-refractivity contribution in [1.29, 1.82) is 0 Å². The number of hydrogen-bond acceptors (Lipinski definition) is 13. The normalized spacial score (nSPS) is 16.6. The number of hydroxylamine groups is 4. The molecule has 2 saturated heterocycles. The van der Waals surface area contributed by atoms with Crippen LogP contribution in [0.3, 0.4) is 0 Å². The smallest absolute Gasteiger partial charge is 0.370 e. The number of quaternary nitrogens is 2. The van der Waals surface area contributed by atoms with E-state index in [0.29, 0.717) is 39.6 Å². The Morgan fingerprint density at radius 2 is 0.703 bits per heavy atom. The zero-order chi connectivity index (χ0) is 26.9. The fraction of sp³-hybridized carbons (Fsp3) is 0.727. The largest absolute Gasteiger partial charge is 0.378 e. The number of imide groups is 2. The van der Waals surface area contributed by atoms with E-state index >= 15 is 0 Å². The van der Waals surface area contributed by atoms with Gasteiger partial charge in [0.15, 0.2) is 0 Å². The maximum Gasteiger partial charge on any atom is 0.370 e. The molecule has 0 aromatic rings. The average Bonchev–Trinajstić information content (AvgIpc) is 3.36. The van der Waals surface area contributed by atoms with E-state index in [2.05, 4.69) is 0 Å². The van der Waals surface area contributed by atoms with Crippen LogP contribution < -0.4 is 10.1 Å². The highest BCUT2D eigenvalue weighted by Crippen LogP contribution is 1.95. The minimum atomic E-state index is -0.683. The molecule has 15 nitrogen and oxygen atoms in total. The van der Waals surface area contributed by atoms with Crippen LogP contribution in [0.5, 0.6) is 0 Å². The minimum Gasteiger partial charge on any atom is -0.378 e. The molecule has 208 valence electrons. The number of ether oxygens (including phenoxy) is 5. The van der Waals surface area contributed by atoms with Crippen molar-refractivity contribution in [2.75, 3.05) is 66.1 Å². The van der Waals surface area contributed by atoms with Crippen molar-refractivity contribution in [3.05, 3.63) is 0 Å². The van der Waals surface area contributed by atoms with E-state index in [1.807, 2.05) is 0 Å². The molecule has 2 aliphatic rings. The summed E-state index contributed by atoms with van der Waals surface area (Å²) < 4.78 is 26.5. The third kappa shape index (κ3) is 12.4. The first kappa shape index (κ1) is 30.6. The van der Waals surface area contributed by atoms with Crippen molar-refractivity contribution >= 4 is 35.6 Å². The summed E-state index contributed by atoms with van der Waals surface area (Å²) in [5.41, 5.74) is 0. The predicted octanol–water partition coefficient (Wildman–Crippen LogP) is -3.77. The molecule has 2 heterocycles. The molecule has 0 atom stereocenters. The number of carbonyl (C=O) groups is 6. The fourth-order valence-corrected chi connectivity index (χ4v) is 3.07. The van der Waals surface area contributed by atoms with E-state index in [1.54, 1.807) is 0 Å². The Morgan fingerprint density at radius 1 is 0.459 bits per heavy atom. The van der Waals surface area contributed by atoms with Crippen LogP contribution in [0.1, 0.15) is 38.5 Å². The molecular formula is C22H34N2O13+2. The second-order valence-corrected chi connectivity index (χ2v) is 7.86. The summed E-state index contributed by atoms with van der Waals surface area (Å²) in [6, 6.07) is 0. The first-order valence-corrected chi connectivity index (χ1v) is 12.0. The first-order valence-electron chi connectivity index (χ1n) is 12.0. The highest BCUT2D eigenvalue weighted by Gasteiger charge is 2.40. The molecule has 37 heavy (non-hydrogen) atoms. The maximum atomic E-state index is 11.6. The molecule has 2 aliphatic heterocycles. The molecule has 0 aromatic heterocycles. The Hall–Kier alpha value is -2.66. The van der Waals surface area contributed by atoms with Gasteiger partial charge in [-0.3, -0.25) is 9.68 Å². The summed E-state index contributed by atoms with van der Waals surface area (Å²) in [6.45, 7) is 2.73. The fourth-order valence-electron chi connectivity index (χ4n) is 3.07. The van der Waals surface area contributed by atoms with Gasteiger partial charge in [-0.1, -0.05) is 0 Å². The molecule has 2 rings (SSSR count). The average molecular weight is 535 g/mol. The van der Waals surface area contributed by atoms with Crippen LogP contribution in [0.2, 0.25) is 0 Å². The van der Waals surface area contributed by atoms with Gasteiger partial charge in [0, 0.05) is 0 Å². The van der Waals surface area contributed by atoms with Gasteiger partial charge in [0.05, 0.1) is 105 Å². The van der Waals surface area contributed by atoms with Crippen molar-refractivity contribution in [2.24, 2.45) is 0 Å². The highest BCUT2D eigenvalue weighted by molar-refractivity contribution is 5.89. The lowest BCUT2D eigenvalue weighted by molar-refractivity contribution is -0.934. The van der Waals surface area contributed by atoms with Crippen LogP contribution in [0.4, 0.5) is 0 Å². The number of rotatable bonds is 20. The molecule has 0 aromatic carbocycles. The van der Waals surface area contributed by atoms with Crippen molar-refractivity contribution < 1.29 is 72.3 Å². The number of nitrogens with one attached hydrogen (secondary N) is 2. The van der Waals surface area contributed by atoms with Gasteiger partial charge < -0.3 is 23.7 Å². The molecule has 15 heteroatoms. The van der Waals surface area contributed by atoms with Crippen molar-refractivity contribution in [3.8, 4) is 0 Å². The molecule has 2 N–H and O–H groups in total. The van der Waals surface area contributed by atoms with Crippen molar-refractivity contribution in [3.63, 3.8) is 0 Å². The van der Waals surface area contributed by atoms with Crippen LogP contribution in [-0.2, 0) is 62.1 Å². The molecule has 4 amide bonds. The molecule has 2 fully saturated rings. The van der Waals surface area contributed by atoms with Gasteiger partial charge in [-0.25, -0.2) is 28.8 Å². The van der Waals surface area contributed by atoms with Gasteiger partial charge >= 0.3 is 35.6 Å². The summed E-state index contributed by atoms with van der Waals surface area (Å²) >= 11 is 0. The van der Waals surface area contributed by atoms with Gasteiger partial charge in [-0.2, -0.15) is 0 Å². The standard InChI is InChI=1S/C22H32N2O13/c25-17-1-2-18(26)23(17)36-21(29)5-7-31-9-11-33-13-15-35-16-14-34-12-10-32-8-6-22(30)37-24-19(27)3-4-20(24)28/h1-16H2/p+2. The van der Waals surface area contributed by atoms with E-state index in [9.17, 15) is 28.8 Å².